The number of methoxy groups -OCH3 is 2. The fourth-order valence-electron chi connectivity index (χ4n) is 2.93. The molecule has 1 unspecified atom stereocenters. The van der Waals surface area contributed by atoms with E-state index in [-0.39, 0.29) is 11.7 Å². The fraction of sp³-hybridized carbons (Fsp3) is 0.562. The number of carbonyl (C=O) groups excluding carboxylic acids is 1. The quantitative estimate of drug-likeness (QED) is 0.816. The Bertz CT molecular complexity index is 511. The molecule has 116 valence electrons. The van der Waals surface area contributed by atoms with Gasteiger partial charge < -0.3 is 14.6 Å². The molecule has 5 heteroatoms. The third-order valence-electron chi connectivity index (χ3n) is 4.20. The molecule has 0 spiro atoms. The first-order valence-electron chi connectivity index (χ1n) is 7.25. The van der Waals surface area contributed by atoms with Crippen molar-refractivity contribution >= 4 is 5.97 Å². The second kappa shape index (κ2) is 6.35. The number of carbonyl (C=O) groups is 1. The number of phenolic OH excluding ortho intramolecular Hbond substituents is 1. The minimum Gasteiger partial charge on any atom is -0.504 e. The number of esters is 1. The maximum absolute atomic E-state index is 12.3. The lowest BCUT2D eigenvalue weighted by atomic mass is 9.90. The van der Waals surface area contributed by atoms with Crippen molar-refractivity contribution in [2.45, 2.75) is 44.2 Å². The first-order chi connectivity index (χ1) is 10.0. The fourth-order valence-corrected chi connectivity index (χ4v) is 2.93. The van der Waals surface area contributed by atoms with E-state index in [1.165, 1.54) is 33.1 Å². The van der Waals surface area contributed by atoms with E-state index < -0.39 is 5.54 Å². The summed E-state index contributed by atoms with van der Waals surface area (Å²) in [6.45, 7) is 1.81. The molecule has 1 aromatic carbocycles. The molecule has 1 aliphatic carbocycles. The Morgan fingerprint density at radius 1 is 1.33 bits per heavy atom. The zero-order valence-electron chi connectivity index (χ0n) is 12.8. The molecule has 0 amide bonds. The van der Waals surface area contributed by atoms with Crippen LogP contribution in [0.4, 0.5) is 0 Å². The summed E-state index contributed by atoms with van der Waals surface area (Å²) in [6.07, 6.45) is 4.46. The van der Waals surface area contributed by atoms with Crippen molar-refractivity contribution in [3.8, 4) is 11.5 Å². The van der Waals surface area contributed by atoms with Crippen LogP contribution in [0.5, 0.6) is 11.5 Å². The molecular weight excluding hydrogens is 270 g/mol. The molecule has 1 fully saturated rings. The lowest BCUT2D eigenvalue weighted by Gasteiger charge is -2.32. The van der Waals surface area contributed by atoms with Crippen LogP contribution in [0.3, 0.4) is 0 Å². The molecule has 5 nitrogen and oxygen atoms in total. The van der Waals surface area contributed by atoms with Gasteiger partial charge >= 0.3 is 5.97 Å². The van der Waals surface area contributed by atoms with Crippen molar-refractivity contribution in [1.29, 1.82) is 0 Å². The van der Waals surface area contributed by atoms with Crippen LogP contribution < -0.4 is 10.1 Å². The number of rotatable bonds is 5. The van der Waals surface area contributed by atoms with E-state index in [9.17, 15) is 9.90 Å². The van der Waals surface area contributed by atoms with Crippen molar-refractivity contribution in [2.24, 2.45) is 0 Å². The Morgan fingerprint density at radius 3 is 2.57 bits per heavy atom. The molecule has 2 rings (SSSR count). The summed E-state index contributed by atoms with van der Waals surface area (Å²) < 4.78 is 10.1. The van der Waals surface area contributed by atoms with Crippen molar-refractivity contribution in [1.82, 2.24) is 5.32 Å². The molecule has 0 bridgehead atoms. The molecule has 0 saturated heterocycles. The Balaban J connectivity index is 2.36. The zero-order chi connectivity index (χ0) is 15.5. The van der Waals surface area contributed by atoms with Crippen LogP contribution in [0.2, 0.25) is 0 Å². The number of ether oxygens (including phenoxy) is 2. The van der Waals surface area contributed by atoms with E-state index in [0.717, 1.165) is 18.4 Å². The van der Waals surface area contributed by atoms with Gasteiger partial charge in [0.05, 0.1) is 14.2 Å². The smallest absolute Gasteiger partial charge is 0.330 e. The third-order valence-corrected chi connectivity index (χ3v) is 4.20. The van der Waals surface area contributed by atoms with Crippen LogP contribution >= 0.6 is 0 Å². The molecule has 0 aromatic heterocycles. The van der Waals surface area contributed by atoms with Crippen LogP contribution in [-0.4, -0.2) is 31.3 Å². The highest BCUT2D eigenvalue weighted by Crippen LogP contribution is 2.33. The molecule has 0 heterocycles. The summed E-state index contributed by atoms with van der Waals surface area (Å²) in [4.78, 5) is 12.3. The Hall–Kier alpha value is -1.75. The molecule has 1 saturated carbocycles. The molecule has 0 aliphatic heterocycles. The van der Waals surface area contributed by atoms with Crippen molar-refractivity contribution in [3.05, 3.63) is 23.8 Å². The average Bonchev–Trinajstić information content (AvgIpc) is 2.99. The maximum atomic E-state index is 12.3. The summed E-state index contributed by atoms with van der Waals surface area (Å²) in [5.41, 5.74) is -0.235. The number of aromatic hydroxyl groups is 1. The minimum atomic E-state index is -0.954. The van der Waals surface area contributed by atoms with Crippen LogP contribution in [0.1, 0.15) is 38.2 Å². The molecule has 2 N–H and O–H groups in total. The van der Waals surface area contributed by atoms with Gasteiger partial charge in [0.1, 0.15) is 5.54 Å². The molecular formula is C16H23NO4. The SMILES string of the molecule is COC(=O)C(C)(NC1CCCC1)c1ccc(O)c(OC)c1. The third kappa shape index (κ3) is 3.13. The number of hydrogen-bond donors (Lipinski definition) is 2. The van der Waals surface area contributed by atoms with E-state index >= 15 is 0 Å². The standard InChI is InChI=1S/C16H23NO4/c1-16(15(19)21-3,17-12-6-4-5-7-12)11-8-9-13(18)14(10-11)20-2/h8-10,12,17-18H,4-7H2,1-3H3. The summed E-state index contributed by atoms with van der Waals surface area (Å²) in [7, 11) is 2.87. The molecule has 1 aliphatic rings. The highest BCUT2D eigenvalue weighted by Gasteiger charge is 2.39. The summed E-state index contributed by atoms with van der Waals surface area (Å²) in [6, 6.07) is 5.23. The highest BCUT2D eigenvalue weighted by atomic mass is 16.5. The Morgan fingerprint density at radius 2 is 2.00 bits per heavy atom. The first-order valence-corrected chi connectivity index (χ1v) is 7.25. The van der Waals surface area contributed by atoms with E-state index in [0.29, 0.717) is 11.8 Å². The molecule has 1 atom stereocenters. The largest absolute Gasteiger partial charge is 0.504 e. The van der Waals surface area contributed by atoms with Crippen LogP contribution in [0.25, 0.3) is 0 Å². The first kappa shape index (κ1) is 15.6. The van der Waals surface area contributed by atoms with Gasteiger partial charge in [0.25, 0.3) is 0 Å². The second-order valence-corrected chi connectivity index (χ2v) is 5.63. The number of phenols is 1. The van der Waals surface area contributed by atoms with Gasteiger partial charge in [-0.15, -0.1) is 0 Å². The van der Waals surface area contributed by atoms with Gasteiger partial charge in [0.2, 0.25) is 0 Å². The van der Waals surface area contributed by atoms with Crippen molar-refractivity contribution in [3.63, 3.8) is 0 Å². The van der Waals surface area contributed by atoms with Gasteiger partial charge in [-0.25, -0.2) is 4.79 Å². The van der Waals surface area contributed by atoms with E-state index in [2.05, 4.69) is 5.32 Å². The van der Waals surface area contributed by atoms with Gasteiger partial charge in [-0.05, 0) is 37.5 Å². The summed E-state index contributed by atoms with van der Waals surface area (Å²) in [5, 5.41) is 13.1. The average molecular weight is 293 g/mol. The van der Waals surface area contributed by atoms with Gasteiger partial charge in [-0.1, -0.05) is 18.9 Å². The van der Waals surface area contributed by atoms with Gasteiger partial charge in [0, 0.05) is 6.04 Å². The van der Waals surface area contributed by atoms with E-state index in [1.54, 1.807) is 12.1 Å². The number of nitrogens with one attached hydrogen (secondary N) is 1. The maximum Gasteiger partial charge on any atom is 0.330 e. The normalized spacial score (nSPS) is 18.2. The monoisotopic (exact) mass is 293 g/mol. The topological polar surface area (TPSA) is 67.8 Å². The lowest BCUT2D eigenvalue weighted by Crippen LogP contribution is -2.51. The summed E-state index contributed by atoms with van der Waals surface area (Å²) in [5.74, 6) is 0.0484. The number of hydrogen-bond acceptors (Lipinski definition) is 5. The molecule has 21 heavy (non-hydrogen) atoms. The van der Waals surface area contributed by atoms with Crippen LogP contribution in [0.15, 0.2) is 18.2 Å². The molecule has 0 radical (unpaired) electrons. The number of benzene rings is 1. The van der Waals surface area contributed by atoms with E-state index in [4.69, 9.17) is 9.47 Å². The van der Waals surface area contributed by atoms with Crippen LogP contribution in [0, 0.1) is 0 Å². The predicted octanol–water partition coefficient (Wildman–Crippen LogP) is 2.32. The van der Waals surface area contributed by atoms with Crippen molar-refractivity contribution < 1.29 is 19.4 Å². The highest BCUT2D eigenvalue weighted by molar-refractivity contribution is 5.82. The second-order valence-electron chi connectivity index (χ2n) is 5.63. The zero-order valence-corrected chi connectivity index (χ0v) is 12.8. The Labute approximate surface area is 125 Å². The Kier molecular flexibility index (Phi) is 4.73. The van der Waals surface area contributed by atoms with Gasteiger partial charge in [0.15, 0.2) is 11.5 Å². The minimum absolute atomic E-state index is 0.0503. The van der Waals surface area contributed by atoms with E-state index in [1.807, 2.05) is 6.92 Å². The lowest BCUT2D eigenvalue weighted by molar-refractivity contribution is -0.148. The predicted molar refractivity (Wildman–Crippen MR) is 79.4 cm³/mol. The van der Waals surface area contributed by atoms with Crippen molar-refractivity contribution in [2.75, 3.05) is 14.2 Å². The van der Waals surface area contributed by atoms with Gasteiger partial charge in [-0.3, -0.25) is 5.32 Å². The molecule has 1 aromatic rings. The van der Waals surface area contributed by atoms with Crippen LogP contribution in [-0.2, 0) is 15.1 Å². The summed E-state index contributed by atoms with van der Waals surface area (Å²) >= 11 is 0. The van der Waals surface area contributed by atoms with Gasteiger partial charge in [-0.2, -0.15) is 0 Å².